The van der Waals surface area contributed by atoms with Gasteiger partial charge in [0.1, 0.15) is 5.54 Å². The van der Waals surface area contributed by atoms with E-state index in [0.29, 0.717) is 5.92 Å². The van der Waals surface area contributed by atoms with Crippen molar-refractivity contribution in [2.24, 2.45) is 0 Å². The number of nitrogens with zero attached hydrogens (tertiary/aromatic N) is 2. The van der Waals surface area contributed by atoms with Crippen molar-refractivity contribution in [3.8, 4) is 0 Å². The SMILES string of the molecule is CC(=O)NC1(C(=O)N2CCCC(c3nccs3)C2)CCCC1. The molecule has 1 atom stereocenters. The van der Waals surface area contributed by atoms with Crippen LogP contribution in [0.4, 0.5) is 0 Å². The highest BCUT2D eigenvalue weighted by Gasteiger charge is 2.45. The van der Waals surface area contributed by atoms with E-state index in [1.165, 1.54) is 6.92 Å². The Balaban J connectivity index is 1.74. The summed E-state index contributed by atoms with van der Waals surface area (Å²) in [5, 5.41) is 6.07. The second kappa shape index (κ2) is 6.36. The summed E-state index contributed by atoms with van der Waals surface area (Å²) in [5.74, 6) is 0.346. The molecule has 0 spiro atoms. The fourth-order valence-corrected chi connectivity index (χ4v) is 4.58. The highest BCUT2D eigenvalue weighted by atomic mass is 32.1. The van der Waals surface area contributed by atoms with E-state index in [9.17, 15) is 9.59 Å². The summed E-state index contributed by atoms with van der Waals surface area (Å²) in [6.07, 6.45) is 7.48. The molecule has 3 rings (SSSR count). The van der Waals surface area contributed by atoms with Gasteiger partial charge in [-0.3, -0.25) is 9.59 Å². The van der Waals surface area contributed by atoms with Gasteiger partial charge in [0.05, 0.1) is 5.01 Å². The van der Waals surface area contributed by atoms with Gasteiger partial charge >= 0.3 is 0 Å². The smallest absolute Gasteiger partial charge is 0.248 e. The zero-order valence-corrected chi connectivity index (χ0v) is 13.8. The molecule has 2 amide bonds. The molecule has 120 valence electrons. The van der Waals surface area contributed by atoms with Crippen molar-refractivity contribution in [3.05, 3.63) is 16.6 Å². The topological polar surface area (TPSA) is 62.3 Å². The van der Waals surface area contributed by atoms with E-state index in [1.54, 1.807) is 11.3 Å². The Kier molecular flexibility index (Phi) is 4.47. The minimum atomic E-state index is -0.656. The van der Waals surface area contributed by atoms with Crippen LogP contribution in [0.5, 0.6) is 0 Å². The molecule has 1 aromatic rings. The van der Waals surface area contributed by atoms with Crippen LogP contribution in [-0.2, 0) is 9.59 Å². The van der Waals surface area contributed by atoms with Gasteiger partial charge in [-0.1, -0.05) is 12.8 Å². The van der Waals surface area contributed by atoms with E-state index in [0.717, 1.165) is 56.6 Å². The van der Waals surface area contributed by atoms with E-state index < -0.39 is 5.54 Å². The Morgan fingerprint density at radius 3 is 2.77 bits per heavy atom. The summed E-state index contributed by atoms with van der Waals surface area (Å²) in [6, 6.07) is 0. The Hall–Kier alpha value is -1.43. The zero-order chi connectivity index (χ0) is 15.6. The first-order chi connectivity index (χ1) is 10.6. The molecular weight excluding hydrogens is 298 g/mol. The second-order valence-corrected chi connectivity index (χ2v) is 7.36. The van der Waals surface area contributed by atoms with Crippen molar-refractivity contribution in [2.45, 2.75) is 56.9 Å². The van der Waals surface area contributed by atoms with Gasteiger partial charge in [-0.05, 0) is 25.7 Å². The van der Waals surface area contributed by atoms with Crippen molar-refractivity contribution >= 4 is 23.2 Å². The molecule has 0 aromatic carbocycles. The molecule has 1 aromatic heterocycles. The van der Waals surface area contributed by atoms with Crippen LogP contribution < -0.4 is 5.32 Å². The molecular formula is C16H23N3O2S. The number of amides is 2. The lowest BCUT2D eigenvalue weighted by molar-refractivity contribution is -0.142. The summed E-state index contributed by atoms with van der Waals surface area (Å²) in [6.45, 7) is 3.03. The van der Waals surface area contributed by atoms with Crippen molar-refractivity contribution in [2.75, 3.05) is 13.1 Å². The number of hydrogen-bond acceptors (Lipinski definition) is 4. The van der Waals surface area contributed by atoms with Gasteiger partial charge in [-0.15, -0.1) is 11.3 Å². The van der Waals surface area contributed by atoms with Gasteiger partial charge in [-0.25, -0.2) is 4.98 Å². The molecule has 1 unspecified atom stereocenters. The first-order valence-electron chi connectivity index (χ1n) is 8.08. The number of carbonyl (C=O) groups is 2. The summed E-state index contributed by atoms with van der Waals surface area (Å²) in [4.78, 5) is 31.0. The highest BCUT2D eigenvalue weighted by molar-refractivity contribution is 7.09. The van der Waals surface area contributed by atoms with Crippen LogP contribution in [0.1, 0.15) is 56.4 Å². The van der Waals surface area contributed by atoms with Crippen LogP contribution in [0, 0.1) is 0 Å². The quantitative estimate of drug-likeness (QED) is 0.929. The normalized spacial score (nSPS) is 24.2. The molecule has 1 aliphatic carbocycles. The molecule has 2 heterocycles. The Labute approximate surface area is 135 Å². The number of aromatic nitrogens is 1. The Morgan fingerprint density at radius 2 is 2.14 bits per heavy atom. The van der Waals surface area contributed by atoms with E-state index >= 15 is 0 Å². The average Bonchev–Trinajstić information content (AvgIpc) is 3.18. The first kappa shape index (κ1) is 15.5. The van der Waals surface area contributed by atoms with Crippen molar-refractivity contribution < 1.29 is 9.59 Å². The molecule has 1 N–H and O–H groups in total. The van der Waals surface area contributed by atoms with Crippen LogP contribution in [0.15, 0.2) is 11.6 Å². The number of thiazole rings is 1. The number of hydrogen-bond donors (Lipinski definition) is 1. The van der Waals surface area contributed by atoms with Gasteiger partial charge < -0.3 is 10.2 Å². The van der Waals surface area contributed by atoms with Crippen LogP contribution in [0.2, 0.25) is 0 Å². The molecule has 2 fully saturated rings. The van der Waals surface area contributed by atoms with Crippen molar-refractivity contribution in [1.82, 2.24) is 15.2 Å². The van der Waals surface area contributed by atoms with Crippen molar-refractivity contribution in [3.63, 3.8) is 0 Å². The lowest BCUT2D eigenvalue weighted by Gasteiger charge is -2.38. The minimum absolute atomic E-state index is 0.108. The lowest BCUT2D eigenvalue weighted by atomic mass is 9.92. The minimum Gasteiger partial charge on any atom is -0.342 e. The van der Waals surface area contributed by atoms with Crippen LogP contribution in [0.25, 0.3) is 0 Å². The predicted octanol–water partition coefficient (Wildman–Crippen LogP) is 2.30. The average molecular weight is 321 g/mol. The first-order valence-corrected chi connectivity index (χ1v) is 8.96. The highest BCUT2D eigenvalue weighted by Crippen LogP contribution is 2.34. The third kappa shape index (κ3) is 3.02. The third-order valence-electron chi connectivity index (χ3n) is 4.79. The molecule has 0 radical (unpaired) electrons. The number of piperidine rings is 1. The fourth-order valence-electron chi connectivity index (χ4n) is 3.81. The molecule has 1 aliphatic heterocycles. The standard InChI is InChI=1S/C16H23N3O2S/c1-12(20)18-16(6-2-3-7-16)15(21)19-9-4-5-13(11-19)14-17-8-10-22-14/h8,10,13H,2-7,9,11H2,1H3,(H,18,20). The van der Waals surface area contributed by atoms with Gasteiger partial charge in [0, 0.05) is 37.5 Å². The summed E-state index contributed by atoms with van der Waals surface area (Å²) in [5.41, 5.74) is -0.656. The van der Waals surface area contributed by atoms with E-state index in [4.69, 9.17) is 0 Å². The number of likely N-dealkylation sites (tertiary alicyclic amines) is 1. The Bertz CT molecular complexity index is 538. The van der Waals surface area contributed by atoms with Crippen molar-refractivity contribution in [1.29, 1.82) is 0 Å². The van der Waals surface area contributed by atoms with Crippen LogP contribution >= 0.6 is 11.3 Å². The van der Waals surface area contributed by atoms with E-state index in [2.05, 4.69) is 10.3 Å². The molecule has 1 saturated carbocycles. The second-order valence-electron chi connectivity index (χ2n) is 6.43. The Morgan fingerprint density at radius 1 is 1.36 bits per heavy atom. The molecule has 6 heteroatoms. The van der Waals surface area contributed by atoms with E-state index in [1.807, 2.05) is 16.5 Å². The molecule has 22 heavy (non-hydrogen) atoms. The monoisotopic (exact) mass is 321 g/mol. The predicted molar refractivity (Wildman–Crippen MR) is 85.7 cm³/mol. The van der Waals surface area contributed by atoms with Gasteiger partial charge in [0.2, 0.25) is 11.8 Å². The summed E-state index contributed by atoms with van der Waals surface area (Å²) in [7, 11) is 0. The summed E-state index contributed by atoms with van der Waals surface area (Å²) < 4.78 is 0. The number of carbonyl (C=O) groups excluding carboxylic acids is 2. The van der Waals surface area contributed by atoms with E-state index in [-0.39, 0.29) is 11.8 Å². The summed E-state index contributed by atoms with van der Waals surface area (Å²) >= 11 is 1.67. The number of rotatable bonds is 3. The zero-order valence-electron chi connectivity index (χ0n) is 13.0. The third-order valence-corrected chi connectivity index (χ3v) is 5.73. The molecule has 5 nitrogen and oxygen atoms in total. The van der Waals surface area contributed by atoms with Crippen LogP contribution in [-0.4, -0.2) is 40.3 Å². The molecule has 2 aliphatic rings. The maximum Gasteiger partial charge on any atom is 0.248 e. The molecule has 1 saturated heterocycles. The lowest BCUT2D eigenvalue weighted by Crippen LogP contribution is -2.59. The molecule has 0 bridgehead atoms. The number of nitrogens with one attached hydrogen (secondary N) is 1. The van der Waals surface area contributed by atoms with Crippen LogP contribution in [0.3, 0.4) is 0 Å². The maximum atomic E-state index is 13.1. The van der Waals surface area contributed by atoms with Gasteiger partial charge in [0.25, 0.3) is 0 Å². The van der Waals surface area contributed by atoms with Gasteiger partial charge in [0.15, 0.2) is 0 Å². The fraction of sp³-hybridized carbons (Fsp3) is 0.688. The van der Waals surface area contributed by atoms with Gasteiger partial charge in [-0.2, -0.15) is 0 Å². The largest absolute Gasteiger partial charge is 0.342 e. The maximum absolute atomic E-state index is 13.1.